The minimum absolute atomic E-state index is 0.104. The molecule has 2 amide bonds. The van der Waals surface area contributed by atoms with Gasteiger partial charge >= 0.3 is 12.0 Å². The maximum Gasteiger partial charge on any atom is 0.335 e. The second kappa shape index (κ2) is 7.99. The maximum absolute atomic E-state index is 11.4. The fraction of sp³-hybridized carbons (Fsp3) is 0.619. The zero-order chi connectivity index (χ0) is 20.5. The molecule has 5 atom stereocenters. The van der Waals surface area contributed by atoms with Crippen molar-refractivity contribution in [3.8, 4) is 5.75 Å². The molecule has 154 valence electrons. The molecule has 0 aliphatic heterocycles. The number of esters is 1. The van der Waals surface area contributed by atoms with Gasteiger partial charge < -0.3 is 15.6 Å². The number of carbonyl (C=O) groups is 2. The number of benzene rings is 1. The van der Waals surface area contributed by atoms with E-state index in [0.717, 1.165) is 19.3 Å². The molecule has 1 aromatic carbocycles. The fourth-order valence-electron chi connectivity index (χ4n) is 5.91. The largest absolute Gasteiger partial charge is 0.508 e. The first-order chi connectivity index (χ1) is 13.3. The van der Waals surface area contributed by atoms with Gasteiger partial charge in [-0.2, -0.15) is 0 Å². The number of hydroxylamine groups is 1. The monoisotopic (exact) mass is 390 g/mol. The molecule has 0 spiro atoms. The van der Waals surface area contributed by atoms with E-state index in [1.54, 1.807) is 0 Å². The van der Waals surface area contributed by atoms with Gasteiger partial charge in [0.25, 0.3) is 0 Å². The van der Waals surface area contributed by atoms with Gasteiger partial charge in [0.2, 0.25) is 0 Å². The number of nitrogens with one attached hydrogen (secondary N) is 1. The number of primary amides is 1. The Morgan fingerprint density at radius 1 is 1.25 bits per heavy atom. The molecule has 2 saturated carbocycles. The summed E-state index contributed by atoms with van der Waals surface area (Å²) in [5.74, 6) is 2.23. The predicted molar refractivity (Wildman–Crippen MR) is 103 cm³/mol. The molecule has 3 aliphatic carbocycles. The maximum atomic E-state index is 11.4. The summed E-state index contributed by atoms with van der Waals surface area (Å²) in [5.41, 5.74) is 8.41. The van der Waals surface area contributed by atoms with Gasteiger partial charge in [-0.25, -0.2) is 10.3 Å². The van der Waals surface area contributed by atoms with Gasteiger partial charge in [0, 0.05) is 12.3 Å². The van der Waals surface area contributed by atoms with Crippen LogP contribution in [0.1, 0.15) is 63.0 Å². The molecule has 2 fully saturated rings. The smallest absolute Gasteiger partial charge is 0.335 e. The molecule has 0 aromatic heterocycles. The van der Waals surface area contributed by atoms with E-state index in [4.69, 9.17) is 9.94 Å². The van der Waals surface area contributed by atoms with Crippen LogP contribution in [0.25, 0.3) is 0 Å². The average molecular weight is 390 g/mol. The highest BCUT2D eigenvalue weighted by Gasteiger charge is 2.56. The summed E-state index contributed by atoms with van der Waals surface area (Å²) in [5, 5.41) is 17.2. The summed E-state index contributed by atoms with van der Waals surface area (Å²) in [6, 6.07) is 4.99. The fourth-order valence-corrected chi connectivity index (χ4v) is 5.91. The molecule has 1 aromatic rings. The number of phenolic OH excluding ortho intramolecular Hbond substituents is 1. The Morgan fingerprint density at radius 2 is 1.96 bits per heavy atom. The summed E-state index contributed by atoms with van der Waals surface area (Å²) < 4.78 is 5.68. The highest BCUT2D eigenvalue weighted by atomic mass is 16.5. The highest BCUT2D eigenvalue weighted by molar-refractivity contribution is 5.70. The Morgan fingerprint density at radius 3 is 2.61 bits per heavy atom. The first kappa shape index (κ1) is 20.5. The van der Waals surface area contributed by atoms with Gasteiger partial charge in [0.1, 0.15) is 11.9 Å². The van der Waals surface area contributed by atoms with Crippen LogP contribution in [-0.2, 0) is 16.0 Å². The van der Waals surface area contributed by atoms with E-state index < -0.39 is 6.03 Å². The van der Waals surface area contributed by atoms with Crippen LogP contribution in [0.3, 0.4) is 0 Å². The number of urea groups is 1. The third kappa shape index (κ3) is 3.81. The average Bonchev–Trinajstić information content (AvgIpc) is 2.97. The number of aryl methyl sites for hydroxylation is 1. The van der Waals surface area contributed by atoms with E-state index in [9.17, 15) is 14.7 Å². The van der Waals surface area contributed by atoms with Crippen molar-refractivity contribution in [2.24, 2.45) is 23.0 Å². The van der Waals surface area contributed by atoms with Crippen molar-refractivity contribution in [2.75, 3.05) is 0 Å². The molecule has 4 rings (SSSR count). The summed E-state index contributed by atoms with van der Waals surface area (Å²) in [6.45, 7) is 3.88. The third-order valence-corrected chi connectivity index (χ3v) is 7.04. The normalized spacial score (nSPS) is 32.7. The Hall–Kier alpha value is -2.28. The number of hydrogen-bond donors (Lipinski definition) is 4. The number of aromatic hydroxyl groups is 1. The summed E-state index contributed by atoms with van der Waals surface area (Å²) in [7, 11) is 0. The molecule has 0 bridgehead atoms. The lowest BCUT2D eigenvalue weighted by molar-refractivity contribution is -0.154. The number of phenols is 1. The molecule has 0 saturated heterocycles. The van der Waals surface area contributed by atoms with Crippen LogP contribution in [-0.4, -0.2) is 28.4 Å². The number of fused-ring (bicyclic) bond motifs is 5. The predicted octanol–water partition coefficient (Wildman–Crippen LogP) is 3.22. The van der Waals surface area contributed by atoms with Gasteiger partial charge in [0.05, 0.1) is 0 Å². The highest BCUT2D eigenvalue weighted by Crippen LogP contribution is 2.61. The van der Waals surface area contributed by atoms with Crippen molar-refractivity contribution >= 4 is 12.0 Å². The quantitative estimate of drug-likeness (QED) is 0.333. The van der Waals surface area contributed by atoms with Crippen molar-refractivity contribution in [1.29, 1.82) is 0 Å². The number of rotatable bonds is 1. The lowest BCUT2D eigenvalue weighted by atomic mass is 9.55. The number of carbonyl (C=O) groups excluding carboxylic acids is 2. The Labute approximate surface area is 165 Å². The van der Waals surface area contributed by atoms with Crippen LogP contribution in [0.2, 0.25) is 0 Å². The van der Waals surface area contributed by atoms with Gasteiger partial charge in [-0.05, 0) is 79.5 Å². The molecule has 5 unspecified atom stereocenters. The summed E-state index contributed by atoms with van der Waals surface area (Å²) >= 11 is 0. The zero-order valence-corrected chi connectivity index (χ0v) is 16.5. The van der Waals surface area contributed by atoms with Crippen LogP contribution >= 0.6 is 0 Å². The number of hydrogen-bond acceptors (Lipinski definition) is 5. The van der Waals surface area contributed by atoms with E-state index in [-0.39, 0.29) is 17.5 Å². The van der Waals surface area contributed by atoms with Crippen molar-refractivity contribution in [1.82, 2.24) is 5.48 Å². The lowest BCUT2D eigenvalue weighted by Gasteiger charge is -2.50. The molecular weight excluding hydrogens is 360 g/mol. The molecule has 0 radical (unpaired) electrons. The van der Waals surface area contributed by atoms with E-state index in [1.807, 2.05) is 12.1 Å². The van der Waals surface area contributed by atoms with E-state index in [2.05, 4.69) is 18.7 Å². The van der Waals surface area contributed by atoms with Crippen LogP contribution in [0.5, 0.6) is 5.75 Å². The van der Waals surface area contributed by atoms with Crippen LogP contribution in [0, 0.1) is 17.3 Å². The minimum atomic E-state index is -0.940. The van der Waals surface area contributed by atoms with Gasteiger partial charge in [-0.1, -0.05) is 13.0 Å². The Bertz CT molecular complexity index is 752. The second-order valence-electron chi connectivity index (χ2n) is 8.49. The van der Waals surface area contributed by atoms with Gasteiger partial charge in [-0.3, -0.25) is 10.0 Å². The standard InChI is InChI=1S/C20H26O3.CH4N2O2/c1-12(21)23-19-8-7-18-17-5-3-13-11-14(22)4-6-15(13)16(17)9-10-20(18,19)2;2-1(4)3-5/h4,6,11,16-19,22H,3,5,7-10H2,1-2H3;5H,(H3,2,3,4). The first-order valence-corrected chi connectivity index (χ1v) is 9.94. The molecule has 3 aliphatic rings. The SMILES string of the molecule is CC(=O)OC1CCC2C3CCc4cc(O)ccc4C3CCC12C.NC(=O)NO. The minimum Gasteiger partial charge on any atom is -0.508 e. The Kier molecular flexibility index (Phi) is 5.84. The zero-order valence-electron chi connectivity index (χ0n) is 16.5. The number of amides is 2. The molecular formula is C21H30N2O5. The number of nitrogens with two attached hydrogens (primary N) is 1. The molecule has 7 nitrogen and oxygen atoms in total. The molecule has 5 N–H and O–H groups in total. The van der Waals surface area contributed by atoms with E-state index in [1.165, 1.54) is 42.8 Å². The van der Waals surface area contributed by atoms with Gasteiger partial charge in [0.15, 0.2) is 0 Å². The molecule has 28 heavy (non-hydrogen) atoms. The first-order valence-electron chi connectivity index (χ1n) is 9.94. The number of ether oxygens (including phenoxy) is 1. The van der Waals surface area contributed by atoms with Crippen molar-refractivity contribution in [3.05, 3.63) is 29.3 Å². The second-order valence-corrected chi connectivity index (χ2v) is 8.49. The van der Waals surface area contributed by atoms with Crippen molar-refractivity contribution < 1.29 is 24.6 Å². The van der Waals surface area contributed by atoms with Crippen LogP contribution in [0.15, 0.2) is 18.2 Å². The summed E-state index contributed by atoms with van der Waals surface area (Å²) in [4.78, 5) is 20.7. The van der Waals surface area contributed by atoms with E-state index in [0.29, 0.717) is 23.5 Å². The molecule has 7 heteroatoms. The molecule has 0 heterocycles. The van der Waals surface area contributed by atoms with E-state index >= 15 is 0 Å². The topological polar surface area (TPSA) is 122 Å². The summed E-state index contributed by atoms with van der Waals surface area (Å²) in [6.07, 6.45) is 6.89. The lowest BCUT2D eigenvalue weighted by Crippen LogP contribution is -2.45. The van der Waals surface area contributed by atoms with Crippen molar-refractivity contribution in [3.63, 3.8) is 0 Å². The third-order valence-electron chi connectivity index (χ3n) is 7.04. The van der Waals surface area contributed by atoms with Crippen LogP contribution < -0.4 is 11.2 Å². The van der Waals surface area contributed by atoms with Crippen LogP contribution in [0.4, 0.5) is 4.79 Å². The van der Waals surface area contributed by atoms with Crippen molar-refractivity contribution in [2.45, 2.75) is 64.4 Å². The Balaban J connectivity index is 0.000000403. The van der Waals surface area contributed by atoms with Gasteiger partial charge in [-0.15, -0.1) is 0 Å².